The molecule has 0 unspecified atom stereocenters. The highest BCUT2D eigenvalue weighted by Crippen LogP contribution is 2.19. The zero-order chi connectivity index (χ0) is 17.1. The van der Waals surface area contributed by atoms with E-state index in [9.17, 15) is 9.59 Å². The number of rotatable bonds is 3. The van der Waals surface area contributed by atoms with Crippen LogP contribution >= 0.6 is 0 Å². The van der Waals surface area contributed by atoms with Crippen molar-refractivity contribution in [1.82, 2.24) is 19.8 Å². The van der Waals surface area contributed by atoms with E-state index in [4.69, 9.17) is 0 Å². The fraction of sp³-hybridized carbons (Fsp3) is 0.444. The first-order chi connectivity index (χ1) is 11.5. The molecular weight excluding hydrogens is 304 g/mol. The van der Waals surface area contributed by atoms with E-state index < -0.39 is 0 Å². The van der Waals surface area contributed by atoms with Crippen molar-refractivity contribution in [3.05, 3.63) is 36.2 Å². The van der Waals surface area contributed by atoms with Crippen molar-refractivity contribution in [3.63, 3.8) is 0 Å². The van der Waals surface area contributed by atoms with Gasteiger partial charge in [0.15, 0.2) is 0 Å². The monoisotopic (exact) mass is 326 g/mol. The van der Waals surface area contributed by atoms with E-state index in [1.807, 2.05) is 24.3 Å². The predicted molar refractivity (Wildman–Crippen MR) is 91.0 cm³/mol. The Bertz CT molecular complexity index is 762. The van der Waals surface area contributed by atoms with Crippen molar-refractivity contribution in [2.24, 2.45) is 5.92 Å². The normalized spacial score (nSPS) is 17.8. The number of hydrogen-bond donors (Lipinski definition) is 0. The highest BCUT2D eigenvalue weighted by Gasteiger charge is 2.29. The van der Waals surface area contributed by atoms with E-state index in [-0.39, 0.29) is 17.7 Å². The summed E-state index contributed by atoms with van der Waals surface area (Å²) >= 11 is 0. The quantitative estimate of drug-likeness (QED) is 0.863. The number of piperidine rings is 1. The molecule has 6 heteroatoms. The summed E-state index contributed by atoms with van der Waals surface area (Å²) in [5, 5.41) is 0. The lowest BCUT2D eigenvalue weighted by atomic mass is 9.96. The molecule has 2 amide bonds. The third kappa shape index (κ3) is 3.53. The Morgan fingerprint density at radius 3 is 2.79 bits per heavy atom. The molecule has 2 aromatic rings. The van der Waals surface area contributed by atoms with E-state index in [1.54, 1.807) is 30.0 Å². The minimum atomic E-state index is -0.124. The number of benzene rings is 1. The number of para-hydroxylation sites is 2. The molecule has 126 valence electrons. The summed E-state index contributed by atoms with van der Waals surface area (Å²) in [5.74, 6) is -0.0208. The van der Waals surface area contributed by atoms with Gasteiger partial charge < -0.3 is 9.80 Å². The lowest BCUT2D eigenvalue weighted by Gasteiger charge is -2.33. The molecule has 1 aliphatic heterocycles. The molecule has 3 rings (SSSR count). The van der Waals surface area contributed by atoms with Gasteiger partial charge in [0.05, 0.1) is 35.4 Å². The molecular formula is C18H22N4O2. The summed E-state index contributed by atoms with van der Waals surface area (Å²) in [6.07, 6.45) is 3.42. The van der Waals surface area contributed by atoms with E-state index in [1.165, 1.54) is 0 Å². The van der Waals surface area contributed by atoms with E-state index in [0.29, 0.717) is 13.1 Å². The van der Waals surface area contributed by atoms with Gasteiger partial charge in [0.2, 0.25) is 11.8 Å². The van der Waals surface area contributed by atoms with Gasteiger partial charge in [-0.15, -0.1) is 0 Å². The van der Waals surface area contributed by atoms with Crippen LogP contribution in [0.4, 0.5) is 0 Å². The van der Waals surface area contributed by atoms with Crippen molar-refractivity contribution < 1.29 is 9.59 Å². The first-order valence-corrected chi connectivity index (χ1v) is 8.26. The smallest absolute Gasteiger partial charge is 0.227 e. The number of aromatic nitrogens is 2. The average Bonchev–Trinajstić information content (AvgIpc) is 2.61. The van der Waals surface area contributed by atoms with E-state index in [0.717, 1.165) is 36.1 Å². The Balaban J connectivity index is 1.67. The number of amides is 2. The molecule has 1 fully saturated rings. The van der Waals surface area contributed by atoms with Gasteiger partial charge in [0.1, 0.15) is 0 Å². The topological polar surface area (TPSA) is 66.4 Å². The third-order valence-corrected chi connectivity index (χ3v) is 4.49. The van der Waals surface area contributed by atoms with Crippen molar-refractivity contribution in [2.45, 2.75) is 26.3 Å². The van der Waals surface area contributed by atoms with Gasteiger partial charge in [-0.25, -0.2) is 4.98 Å². The van der Waals surface area contributed by atoms with Crippen LogP contribution in [0.5, 0.6) is 0 Å². The maximum atomic E-state index is 12.7. The van der Waals surface area contributed by atoms with Crippen LogP contribution in [-0.4, -0.2) is 51.7 Å². The van der Waals surface area contributed by atoms with Crippen LogP contribution in [0.1, 0.15) is 25.5 Å². The first-order valence-electron chi connectivity index (χ1n) is 8.26. The molecule has 2 heterocycles. The SMILES string of the molecule is CC(=O)N1CCC[C@@H](C(=O)N(C)Cc2cnc3ccccc3n2)C1. The molecule has 1 saturated heterocycles. The summed E-state index contributed by atoms with van der Waals surface area (Å²) in [5.41, 5.74) is 2.44. The first kappa shape index (κ1) is 16.4. The Hall–Kier alpha value is -2.50. The number of carbonyl (C=O) groups is 2. The number of hydrogen-bond acceptors (Lipinski definition) is 4. The van der Waals surface area contributed by atoms with Crippen LogP contribution in [0.2, 0.25) is 0 Å². The molecule has 0 aliphatic carbocycles. The molecule has 1 aromatic carbocycles. The molecule has 6 nitrogen and oxygen atoms in total. The molecule has 0 bridgehead atoms. The highest BCUT2D eigenvalue weighted by molar-refractivity contribution is 5.80. The number of likely N-dealkylation sites (tertiary alicyclic amines) is 1. The highest BCUT2D eigenvalue weighted by atomic mass is 16.2. The van der Waals surface area contributed by atoms with Crippen molar-refractivity contribution in [3.8, 4) is 0 Å². The van der Waals surface area contributed by atoms with Gasteiger partial charge in [0.25, 0.3) is 0 Å². The average molecular weight is 326 g/mol. The summed E-state index contributed by atoms with van der Waals surface area (Å²) in [4.78, 5) is 36.6. The molecule has 0 spiro atoms. The summed E-state index contributed by atoms with van der Waals surface area (Å²) in [6.45, 7) is 3.25. The number of carbonyl (C=O) groups excluding carboxylic acids is 2. The summed E-state index contributed by atoms with van der Waals surface area (Å²) < 4.78 is 0. The van der Waals surface area contributed by atoms with Crippen LogP contribution in [0, 0.1) is 5.92 Å². The minimum absolute atomic E-state index is 0.0375. The van der Waals surface area contributed by atoms with Gasteiger partial charge in [-0.2, -0.15) is 0 Å². The van der Waals surface area contributed by atoms with Crippen molar-refractivity contribution >= 4 is 22.8 Å². The second-order valence-corrected chi connectivity index (χ2v) is 6.35. The fourth-order valence-corrected chi connectivity index (χ4v) is 3.17. The maximum absolute atomic E-state index is 12.7. The fourth-order valence-electron chi connectivity index (χ4n) is 3.17. The Morgan fingerprint density at radius 2 is 2.04 bits per heavy atom. The van der Waals surface area contributed by atoms with E-state index in [2.05, 4.69) is 9.97 Å². The Kier molecular flexibility index (Phi) is 4.74. The van der Waals surface area contributed by atoms with Gasteiger partial charge in [-0.3, -0.25) is 14.6 Å². The molecule has 1 aromatic heterocycles. The van der Waals surface area contributed by atoms with Gasteiger partial charge in [-0.1, -0.05) is 12.1 Å². The lowest BCUT2D eigenvalue weighted by Crippen LogP contribution is -2.45. The van der Waals surface area contributed by atoms with Gasteiger partial charge >= 0.3 is 0 Å². The van der Waals surface area contributed by atoms with Crippen molar-refractivity contribution in [1.29, 1.82) is 0 Å². The largest absolute Gasteiger partial charge is 0.342 e. The van der Waals surface area contributed by atoms with Crippen molar-refractivity contribution in [2.75, 3.05) is 20.1 Å². The van der Waals surface area contributed by atoms with Crippen LogP contribution in [0.15, 0.2) is 30.5 Å². The zero-order valence-corrected chi connectivity index (χ0v) is 14.1. The van der Waals surface area contributed by atoms with Crippen LogP contribution < -0.4 is 0 Å². The maximum Gasteiger partial charge on any atom is 0.227 e. The summed E-state index contributed by atoms with van der Waals surface area (Å²) in [6, 6.07) is 7.68. The molecule has 1 atom stereocenters. The summed E-state index contributed by atoms with van der Waals surface area (Å²) in [7, 11) is 1.78. The molecule has 0 N–H and O–H groups in total. The minimum Gasteiger partial charge on any atom is -0.342 e. The van der Waals surface area contributed by atoms with Gasteiger partial charge in [-0.05, 0) is 25.0 Å². The lowest BCUT2D eigenvalue weighted by molar-refractivity contribution is -0.139. The molecule has 0 radical (unpaired) electrons. The van der Waals surface area contributed by atoms with Gasteiger partial charge in [0, 0.05) is 27.1 Å². The number of fused-ring (bicyclic) bond motifs is 1. The standard InChI is InChI=1S/C18H22N4O2/c1-13(23)22-9-5-6-14(11-22)18(24)21(2)12-15-10-19-16-7-3-4-8-17(16)20-15/h3-4,7-8,10,14H,5-6,9,11-12H2,1-2H3/t14-/m1/s1. The van der Waals surface area contributed by atoms with Crippen LogP contribution in [0.3, 0.4) is 0 Å². The second-order valence-electron chi connectivity index (χ2n) is 6.35. The number of nitrogens with zero attached hydrogens (tertiary/aromatic N) is 4. The van der Waals surface area contributed by atoms with E-state index >= 15 is 0 Å². The predicted octanol–water partition coefficient (Wildman–Crippen LogP) is 1.85. The third-order valence-electron chi connectivity index (χ3n) is 4.49. The van der Waals surface area contributed by atoms with Crippen LogP contribution in [0.25, 0.3) is 11.0 Å². The molecule has 24 heavy (non-hydrogen) atoms. The Morgan fingerprint density at radius 1 is 1.29 bits per heavy atom. The molecule has 0 saturated carbocycles. The molecule has 1 aliphatic rings. The second kappa shape index (κ2) is 6.95. The van der Waals surface area contributed by atoms with Crippen LogP contribution in [-0.2, 0) is 16.1 Å². The zero-order valence-electron chi connectivity index (χ0n) is 14.1. The Labute approximate surface area is 141 Å².